The number of thiophene rings is 1. The van der Waals surface area contributed by atoms with E-state index in [0.717, 1.165) is 46.6 Å². The van der Waals surface area contributed by atoms with Gasteiger partial charge in [-0.1, -0.05) is 30.8 Å². The van der Waals surface area contributed by atoms with Crippen LogP contribution in [-0.2, 0) is 28.9 Å². The lowest BCUT2D eigenvalue weighted by Gasteiger charge is -2.18. The van der Waals surface area contributed by atoms with E-state index in [2.05, 4.69) is 35.1 Å². The van der Waals surface area contributed by atoms with Gasteiger partial charge in [-0.15, -0.1) is 28.1 Å². The van der Waals surface area contributed by atoms with Crippen LogP contribution in [0.1, 0.15) is 64.1 Å². The van der Waals surface area contributed by atoms with E-state index in [0.29, 0.717) is 34.0 Å². The Morgan fingerprint density at radius 3 is 2.71 bits per heavy atom. The van der Waals surface area contributed by atoms with Crippen molar-refractivity contribution < 1.29 is 19.1 Å². The number of rotatable bonds is 10. The van der Waals surface area contributed by atoms with Crippen molar-refractivity contribution in [2.75, 3.05) is 18.2 Å². The number of thioether (sulfide) groups is 1. The van der Waals surface area contributed by atoms with Gasteiger partial charge in [0.2, 0.25) is 5.91 Å². The van der Waals surface area contributed by atoms with Crippen molar-refractivity contribution in [3.63, 3.8) is 0 Å². The van der Waals surface area contributed by atoms with Gasteiger partial charge in [-0.05, 0) is 74.8 Å². The average Bonchev–Trinajstić information content (AvgIpc) is 3.42. The fraction of sp³-hybridized carbons (Fsp3) is 0.429. The van der Waals surface area contributed by atoms with Crippen LogP contribution in [0.2, 0.25) is 0 Å². The summed E-state index contributed by atoms with van der Waals surface area (Å²) in [6.07, 6.45) is 4.15. The fourth-order valence-corrected chi connectivity index (χ4v) is 6.89. The van der Waals surface area contributed by atoms with Gasteiger partial charge >= 0.3 is 5.97 Å². The minimum atomic E-state index is -0.409. The Morgan fingerprint density at radius 1 is 1.29 bits per heavy atom. The van der Waals surface area contributed by atoms with E-state index in [1.807, 2.05) is 37.5 Å². The number of carbonyl (C=O) groups is 2. The number of nitrogens with one attached hydrogen (secondary N) is 1. The zero-order chi connectivity index (χ0) is 27.4. The minimum absolute atomic E-state index is 0.112. The highest BCUT2D eigenvalue weighted by Crippen LogP contribution is 2.40. The SMILES string of the molecule is C=CCn1c(SCC(=O)Nc2sc3c(c2C(=O)OC)CCC(C)C3)nnc1C(C)Oc1cc(C)cc(C)c1. The summed E-state index contributed by atoms with van der Waals surface area (Å²) in [6, 6.07) is 6.07. The number of fused-ring (bicyclic) bond motifs is 1. The van der Waals surface area contributed by atoms with Crippen molar-refractivity contribution >= 4 is 40.0 Å². The highest BCUT2D eigenvalue weighted by molar-refractivity contribution is 7.99. The number of methoxy groups -OCH3 is 1. The molecule has 0 saturated carbocycles. The Balaban J connectivity index is 1.47. The third kappa shape index (κ3) is 6.30. The van der Waals surface area contributed by atoms with Crippen LogP contribution in [-0.4, -0.2) is 39.5 Å². The van der Waals surface area contributed by atoms with Crippen LogP contribution in [0.5, 0.6) is 5.75 Å². The maximum absolute atomic E-state index is 13.0. The van der Waals surface area contributed by atoms with Crippen LogP contribution in [0.4, 0.5) is 5.00 Å². The van der Waals surface area contributed by atoms with E-state index in [9.17, 15) is 9.59 Å². The second-order valence-electron chi connectivity index (χ2n) is 9.71. The fourth-order valence-electron chi connectivity index (χ4n) is 4.72. The number of benzene rings is 1. The van der Waals surface area contributed by atoms with Crippen LogP contribution >= 0.6 is 23.1 Å². The lowest BCUT2D eigenvalue weighted by molar-refractivity contribution is -0.113. The van der Waals surface area contributed by atoms with Gasteiger partial charge < -0.3 is 14.8 Å². The quantitative estimate of drug-likeness (QED) is 0.189. The van der Waals surface area contributed by atoms with Gasteiger partial charge in [0.05, 0.1) is 18.4 Å². The van der Waals surface area contributed by atoms with Gasteiger partial charge in [0.25, 0.3) is 0 Å². The average molecular weight is 555 g/mol. The lowest BCUT2D eigenvalue weighted by Crippen LogP contribution is -2.17. The van der Waals surface area contributed by atoms with Gasteiger partial charge in [0.15, 0.2) is 17.1 Å². The number of amides is 1. The summed E-state index contributed by atoms with van der Waals surface area (Å²) in [5.41, 5.74) is 3.75. The molecule has 0 aliphatic heterocycles. The molecule has 10 heteroatoms. The molecule has 2 unspecified atom stereocenters. The van der Waals surface area contributed by atoms with Crippen molar-refractivity contribution in [3.05, 3.63) is 63.8 Å². The summed E-state index contributed by atoms with van der Waals surface area (Å²) < 4.78 is 13.1. The zero-order valence-corrected chi connectivity index (χ0v) is 24.1. The predicted octanol–water partition coefficient (Wildman–Crippen LogP) is 5.92. The molecule has 0 fully saturated rings. The second-order valence-corrected chi connectivity index (χ2v) is 11.8. The van der Waals surface area contributed by atoms with E-state index in [1.165, 1.54) is 30.2 Å². The molecule has 202 valence electrons. The molecule has 38 heavy (non-hydrogen) atoms. The Hall–Kier alpha value is -3.11. The molecular weight excluding hydrogens is 520 g/mol. The number of aryl methyl sites for hydroxylation is 2. The van der Waals surface area contributed by atoms with E-state index in [1.54, 1.807) is 6.08 Å². The topological polar surface area (TPSA) is 95.3 Å². The number of esters is 1. The molecule has 8 nitrogen and oxygen atoms in total. The number of hydrogen-bond acceptors (Lipinski definition) is 8. The van der Waals surface area contributed by atoms with Crippen molar-refractivity contribution in [1.82, 2.24) is 14.8 Å². The maximum Gasteiger partial charge on any atom is 0.341 e. The summed E-state index contributed by atoms with van der Waals surface area (Å²) in [5.74, 6) is 1.46. The smallest absolute Gasteiger partial charge is 0.341 e. The summed E-state index contributed by atoms with van der Waals surface area (Å²) >= 11 is 2.76. The number of aromatic nitrogens is 3. The van der Waals surface area contributed by atoms with Crippen LogP contribution in [0.25, 0.3) is 0 Å². The molecule has 0 saturated heterocycles. The van der Waals surface area contributed by atoms with Crippen LogP contribution in [0.3, 0.4) is 0 Å². The lowest BCUT2D eigenvalue weighted by atomic mass is 9.88. The van der Waals surface area contributed by atoms with Crippen LogP contribution < -0.4 is 10.1 Å². The van der Waals surface area contributed by atoms with Gasteiger partial charge in [0.1, 0.15) is 10.8 Å². The Morgan fingerprint density at radius 2 is 2.03 bits per heavy atom. The molecule has 3 aromatic rings. The minimum Gasteiger partial charge on any atom is -0.483 e. The standard InChI is InChI=1S/C28H34N4O4S2/c1-7-10-32-25(19(5)36-20-12-17(3)11-18(4)13-20)30-31-28(32)37-15-23(33)29-26-24(27(34)35-6)21-9-8-16(2)14-22(21)38-26/h7,11-13,16,19H,1,8-10,14-15H2,2-6H3,(H,29,33). The third-order valence-corrected chi connectivity index (χ3v) is 8.55. The molecule has 1 N–H and O–H groups in total. The summed E-state index contributed by atoms with van der Waals surface area (Å²) in [6.45, 7) is 12.5. The number of hydrogen-bond donors (Lipinski definition) is 1. The second kappa shape index (κ2) is 12.2. The van der Waals surface area contributed by atoms with Crippen molar-refractivity contribution in [2.45, 2.75) is 64.8 Å². The molecule has 2 atom stereocenters. The molecular formula is C28H34N4O4S2. The first-order valence-corrected chi connectivity index (χ1v) is 14.4. The van der Waals surface area contributed by atoms with Crippen LogP contribution in [0, 0.1) is 19.8 Å². The van der Waals surface area contributed by atoms with E-state index >= 15 is 0 Å². The molecule has 2 aromatic heterocycles. The first kappa shape index (κ1) is 27.9. The van der Waals surface area contributed by atoms with Crippen molar-refractivity contribution in [2.24, 2.45) is 5.92 Å². The monoisotopic (exact) mass is 554 g/mol. The molecule has 1 amide bonds. The van der Waals surface area contributed by atoms with Crippen molar-refractivity contribution in [1.29, 1.82) is 0 Å². The third-order valence-electron chi connectivity index (χ3n) is 6.42. The van der Waals surface area contributed by atoms with E-state index < -0.39 is 5.97 Å². The van der Waals surface area contributed by atoms with Gasteiger partial charge in [-0.3, -0.25) is 9.36 Å². The van der Waals surface area contributed by atoms with Crippen LogP contribution in [0.15, 0.2) is 36.0 Å². The zero-order valence-electron chi connectivity index (χ0n) is 22.5. The largest absolute Gasteiger partial charge is 0.483 e. The highest BCUT2D eigenvalue weighted by Gasteiger charge is 2.29. The molecule has 1 aliphatic rings. The molecule has 1 aliphatic carbocycles. The Bertz CT molecular complexity index is 1330. The number of allylic oxidation sites excluding steroid dienone is 1. The maximum atomic E-state index is 13.0. The Kier molecular flexibility index (Phi) is 8.94. The first-order valence-electron chi connectivity index (χ1n) is 12.6. The number of anilines is 1. The molecule has 0 bridgehead atoms. The molecule has 0 spiro atoms. The van der Waals surface area contributed by atoms with E-state index in [4.69, 9.17) is 9.47 Å². The highest BCUT2D eigenvalue weighted by atomic mass is 32.2. The van der Waals surface area contributed by atoms with Gasteiger partial charge in [-0.25, -0.2) is 4.79 Å². The molecule has 1 aromatic carbocycles. The first-order chi connectivity index (χ1) is 18.2. The molecule has 2 heterocycles. The molecule has 4 rings (SSSR count). The van der Waals surface area contributed by atoms with Crippen molar-refractivity contribution in [3.8, 4) is 5.75 Å². The normalized spacial score (nSPS) is 15.4. The summed E-state index contributed by atoms with van der Waals surface area (Å²) in [7, 11) is 1.37. The number of carbonyl (C=O) groups excluding carboxylic acids is 2. The number of nitrogens with zero attached hydrogens (tertiary/aromatic N) is 3. The van der Waals surface area contributed by atoms with Gasteiger partial charge in [-0.2, -0.15) is 0 Å². The van der Waals surface area contributed by atoms with Gasteiger partial charge in [0, 0.05) is 11.4 Å². The van der Waals surface area contributed by atoms with E-state index in [-0.39, 0.29) is 17.8 Å². The summed E-state index contributed by atoms with van der Waals surface area (Å²) in [5, 5.41) is 12.8. The molecule has 0 radical (unpaired) electrons. The Labute approximate surface area is 231 Å². The predicted molar refractivity (Wildman–Crippen MR) is 151 cm³/mol. The summed E-state index contributed by atoms with van der Waals surface area (Å²) in [4.78, 5) is 26.7. The number of ether oxygens (including phenoxy) is 2.